The van der Waals surface area contributed by atoms with E-state index >= 15 is 0 Å². The Balaban J connectivity index is 1.57. The van der Waals surface area contributed by atoms with Crippen molar-refractivity contribution < 1.29 is 19.5 Å². The molecular weight excluding hydrogens is 320 g/mol. The van der Waals surface area contributed by atoms with Gasteiger partial charge in [-0.3, -0.25) is 14.4 Å². The molecule has 2 fully saturated rings. The maximum absolute atomic E-state index is 12.9. The summed E-state index contributed by atoms with van der Waals surface area (Å²) in [4.78, 5) is 39.8. The molecule has 6 nitrogen and oxygen atoms in total. The minimum absolute atomic E-state index is 0.00796. The molecule has 0 spiro atoms. The van der Waals surface area contributed by atoms with Gasteiger partial charge in [0, 0.05) is 37.8 Å². The molecular formula is C19H22N2O4. The number of benzene rings is 1. The van der Waals surface area contributed by atoms with Gasteiger partial charge in [-0.15, -0.1) is 0 Å². The molecule has 3 aliphatic rings. The van der Waals surface area contributed by atoms with Crippen molar-refractivity contribution in [3.05, 3.63) is 29.3 Å². The molecule has 0 unspecified atom stereocenters. The Bertz CT molecular complexity index is 775. The Morgan fingerprint density at radius 1 is 1.28 bits per heavy atom. The van der Waals surface area contributed by atoms with Crippen LogP contribution in [0, 0.1) is 11.3 Å². The third kappa shape index (κ3) is 2.34. The van der Waals surface area contributed by atoms with Gasteiger partial charge in [-0.2, -0.15) is 0 Å². The Labute approximate surface area is 146 Å². The second-order valence-electron chi connectivity index (χ2n) is 7.50. The fourth-order valence-electron chi connectivity index (χ4n) is 4.84. The van der Waals surface area contributed by atoms with Crippen LogP contribution in [-0.4, -0.2) is 47.4 Å². The maximum atomic E-state index is 12.9. The van der Waals surface area contributed by atoms with Crippen molar-refractivity contribution in [2.24, 2.45) is 11.3 Å². The smallest absolute Gasteiger partial charge is 0.311 e. The van der Waals surface area contributed by atoms with Crippen molar-refractivity contribution in [1.82, 2.24) is 4.90 Å². The van der Waals surface area contributed by atoms with Gasteiger partial charge in [0.1, 0.15) is 0 Å². The predicted octanol–water partition coefficient (Wildman–Crippen LogP) is 1.92. The largest absolute Gasteiger partial charge is 0.481 e. The van der Waals surface area contributed by atoms with Crippen LogP contribution in [0.2, 0.25) is 0 Å². The first-order valence-electron chi connectivity index (χ1n) is 8.86. The van der Waals surface area contributed by atoms with E-state index in [-0.39, 0.29) is 17.7 Å². The number of anilines is 1. The molecule has 1 N–H and O–H groups in total. The first-order valence-corrected chi connectivity index (χ1v) is 8.86. The summed E-state index contributed by atoms with van der Waals surface area (Å²) in [6, 6.07) is 5.45. The van der Waals surface area contributed by atoms with Gasteiger partial charge in [0.2, 0.25) is 5.91 Å². The van der Waals surface area contributed by atoms with Crippen molar-refractivity contribution >= 4 is 23.5 Å². The van der Waals surface area contributed by atoms with Crippen LogP contribution in [0.5, 0.6) is 0 Å². The number of likely N-dealkylation sites (tertiary alicyclic amines) is 1. The minimum Gasteiger partial charge on any atom is -0.481 e. The summed E-state index contributed by atoms with van der Waals surface area (Å²) in [5, 5.41) is 9.68. The van der Waals surface area contributed by atoms with Crippen LogP contribution in [0.15, 0.2) is 18.2 Å². The number of hydrogen-bond donors (Lipinski definition) is 1. The van der Waals surface area contributed by atoms with Crippen LogP contribution < -0.4 is 4.90 Å². The average Bonchev–Trinajstić information content (AvgIpc) is 3.25. The molecule has 0 bridgehead atoms. The summed E-state index contributed by atoms with van der Waals surface area (Å²) in [5.74, 6) is -0.791. The van der Waals surface area contributed by atoms with Crippen LogP contribution in [0.1, 0.15) is 42.1 Å². The minimum atomic E-state index is -0.767. The lowest BCUT2D eigenvalue weighted by Gasteiger charge is -2.23. The van der Waals surface area contributed by atoms with Crippen molar-refractivity contribution in [2.45, 2.75) is 32.6 Å². The van der Waals surface area contributed by atoms with E-state index in [2.05, 4.69) is 0 Å². The SMILES string of the molecule is CC(=O)N1CCc2cc(C(=O)N3C[C@@H]4CCC[C@@]4(C(=O)O)C3)ccc21. The van der Waals surface area contributed by atoms with Crippen molar-refractivity contribution in [3.8, 4) is 0 Å². The number of carbonyl (C=O) groups excluding carboxylic acids is 2. The van der Waals surface area contributed by atoms with E-state index in [0.29, 0.717) is 31.6 Å². The highest BCUT2D eigenvalue weighted by molar-refractivity contribution is 5.98. The predicted molar refractivity (Wildman–Crippen MR) is 91.5 cm³/mol. The Morgan fingerprint density at radius 3 is 2.76 bits per heavy atom. The summed E-state index contributed by atoms with van der Waals surface area (Å²) in [6.45, 7) is 3.03. The summed E-state index contributed by atoms with van der Waals surface area (Å²) < 4.78 is 0. The third-order valence-corrected chi connectivity index (χ3v) is 6.19. The molecule has 0 radical (unpaired) electrons. The second kappa shape index (κ2) is 5.58. The average molecular weight is 342 g/mol. The normalized spacial score (nSPS) is 27.3. The molecule has 2 aliphatic heterocycles. The number of amides is 2. The zero-order valence-corrected chi connectivity index (χ0v) is 14.3. The molecule has 1 aromatic carbocycles. The summed E-state index contributed by atoms with van der Waals surface area (Å²) in [5.41, 5.74) is 1.72. The highest BCUT2D eigenvalue weighted by Gasteiger charge is 2.55. The zero-order chi connectivity index (χ0) is 17.8. The van der Waals surface area contributed by atoms with Crippen LogP contribution >= 0.6 is 0 Å². The van der Waals surface area contributed by atoms with Crippen LogP contribution in [0.3, 0.4) is 0 Å². The van der Waals surface area contributed by atoms with Gasteiger partial charge in [0.25, 0.3) is 5.91 Å². The molecule has 0 aromatic heterocycles. The topological polar surface area (TPSA) is 77.9 Å². The van der Waals surface area contributed by atoms with E-state index in [0.717, 1.165) is 30.5 Å². The van der Waals surface area contributed by atoms with Crippen molar-refractivity contribution in [1.29, 1.82) is 0 Å². The monoisotopic (exact) mass is 342 g/mol. The number of carboxylic acid groups (broad SMARTS) is 1. The standard InChI is InChI=1S/C19H22N2O4/c1-12(22)21-8-6-13-9-14(4-5-16(13)21)17(23)20-10-15-3-2-7-19(15,11-20)18(24)25/h4-5,9,15H,2-3,6-8,10-11H2,1H3,(H,24,25)/t15-,19+/m0/s1. The fourth-order valence-corrected chi connectivity index (χ4v) is 4.84. The first-order chi connectivity index (χ1) is 11.9. The number of carboxylic acids is 1. The summed E-state index contributed by atoms with van der Waals surface area (Å²) >= 11 is 0. The van der Waals surface area contributed by atoms with Crippen LogP contribution in [-0.2, 0) is 16.0 Å². The highest BCUT2D eigenvalue weighted by Crippen LogP contribution is 2.49. The Morgan fingerprint density at radius 2 is 2.08 bits per heavy atom. The lowest BCUT2D eigenvalue weighted by Crippen LogP contribution is -2.37. The maximum Gasteiger partial charge on any atom is 0.311 e. The van der Waals surface area contributed by atoms with Gasteiger partial charge in [0.15, 0.2) is 0 Å². The molecule has 2 heterocycles. The molecule has 1 saturated carbocycles. The van der Waals surface area contributed by atoms with Gasteiger partial charge in [0.05, 0.1) is 5.41 Å². The lowest BCUT2D eigenvalue weighted by molar-refractivity contribution is -0.149. The van der Waals surface area contributed by atoms with Crippen molar-refractivity contribution in [2.75, 3.05) is 24.5 Å². The van der Waals surface area contributed by atoms with E-state index in [4.69, 9.17) is 0 Å². The third-order valence-electron chi connectivity index (χ3n) is 6.19. The van der Waals surface area contributed by atoms with E-state index in [1.165, 1.54) is 0 Å². The number of rotatable bonds is 2. The summed E-state index contributed by atoms with van der Waals surface area (Å²) in [7, 11) is 0. The molecule has 25 heavy (non-hydrogen) atoms. The fraction of sp³-hybridized carbons (Fsp3) is 0.526. The van der Waals surface area contributed by atoms with E-state index in [1.54, 1.807) is 22.8 Å². The Hall–Kier alpha value is -2.37. The quantitative estimate of drug-likeness (QED) is 0.891. The van der Waals surface area contributed by atoms with E-state index < -0.39 is 11.4 Å². The van der Waals surface area contributed by atoms with Gasteiger partial charge in [-0.1, -0.05) is 6.42 Å². The molecule has 1 aliphatic carbocycles. The lowest BCUT2D eigenvalue weighted by atomic mass is 9.81. The van der Waals surface area contributed by atoms with E-state index in [9.17, 15) is 19.5 Å². The number of hydrogen-bond acceptors (Lipinski definition) is 3. The highest BCUT2D eigenvalue weighted by atomic mass is 16.4. The molecule has 1 saturated heterocycles. The van der Waals surface area contributed by atoms with Gasteiger partial charge in [-0.05, 0) is 48.9 Å². The molecule has 132 valence electrons. The van der Waals surface area contributed by atoms with Crippen LogP contribution in [0.4, 0.5) is 5.69 Å². The van der Waals surface area contributed by atoms with Crippen molar-refractivity contribution in [3.63, 3.8) is 0 Å². The second-order valence-corrected chi connectivity index (χ2v) is 7.50. The molecule has 4 rings (SSSR count). The van der Waals surface area contributed by atoms with E-state index in [1.807, 2.05) is 12.1 Å². The number of aliphatic carboxylic acids is 1. The van der Waals surface area contributed by atoms with Crippen LogP contribution in [0.25, 0.3) is 0 Å². The number of nitrogens with zero attached hydrogens (tertiary/aromatic N) is 2. The number of carbonyl (C=O) groups is 3. The van der Waals surface area contributed by atoms with Gasteiger partial charge < -0.3 is 14.9 Å². The summed E-state index contributed by atoms with van der Waals surface area (Å²) in [6.07, 6.45) is 3.22. The molecule has 1 aromatic rings. The zero-order valence-electron chi connectivity index (χ0n) is 14.3. The number of fused-ring (bicyclic) bond motifs is 2. The van der Waals surface area contributed by atoms with Gasteiger partial charge >= 0.3 is 5.97 Å². The molecule has 2 atom stereocenters. The first kappa shape index (κ1) is 16.1. The van der Waals surface area contributed by atoms with Gasteiger partial charge in [-0.25, -0.2) is 0 Å². The molecule has 6 heteroatoms. The molecule has 2 amide bonds. The Kier molecular flexibility index (Phi) is 3.60.